The van der Waals surface area contributed by atoms with E-state index in [0.717, 1.165) is 38.3 Å². The van der Waals surface area contributed by atoms with Gasteiger partial charge < -0.3 is 0 Å². The van der Waals surface area contributed by atoms with Crippen molar-refractivity contribution in [2.24, 2.45) is 0 Å². The monoisotopic (exact) mass is 364 g/mol. The number of nitrogens with zero attached hydrogens (tertiary/aromatic N) is 2. The second kappa shape index (κ2) is 9.19. The molecule has 0 atom stereocenters. The lowest BCUT2D eigenvalue weighted by molar-refractivity contribution is 0.0844. The Morgan fingerprint density at radius 1 is 0.875 bits per heavy atom. The third-order valence-corrected chi connectivity index (χ3v) is 4.50. The summed E-state index contributed by atoms with van der Waals surface area (Å²) in [6.45, 7) is 5.35. The fourth-order valence-electron chi connectivity index (χ4n) is 2.88. The van der Waals surface area contributed by atoms with Gasteiger partial charge in [-0.1, -0.05) is 41.9 Å². The summed E-state index contributed by atoms with van der Waals surface area (Å²) in [6, 6.07) is 17.7. The summed E-state index contributed by atoms with van der Waals surface area (Å²) < 4.78 is 0. The standard InChI is InChI=1S/C19H21ClN2O.ClH/c20-18-8-6-17(7-9-18)19(23)15-22-12-10-21(11-13-22)14-16-4-2-1-3-5-16;/h1-9H,10-15H2;1H. The van der Waals surface area contributed by atoms with Gasteiger partial charge in [-0.2, -0.15) is 0 Å². The molecule has 1 fully saturated rings. The minimum atomic E-state index is 0. The van der Waals surface area contributed by atoms with Crippen molar-refractivity contribution in [2.45, 2.75) is 6.54 Å². The van der Waals surface area contributed by atoms with Gasteiger partial charge in [0.25, 0.3) is 0 Å². The first-order valence-electron chi connectivity index (χ1n) is 7.98. The summed E-state index contributed by atoms with van der Waals surface area (Å²) in [5, 5.41) is 0.663. The third-order valence-electron chi connectivity index (χ3n) is 4.25. The minimum absolute atomic E-state index is 0. The molecule has 0 amide bonds. The molecule has 0 unspecified atom stereocenters. The topological polar surface area (TPSA) is 23.6 Å². The maximum absolute atomic E-state index is 12.3. The Bertz CT molecular complexity index is 638. The highest BCUT2D eigenvalue weighted by Gasteiger charge is 2.19. The smallest absolute Gasteiger partial charge is 0.176 e. The third kappa shape index (κ3) is 5.32. The summed E-state index contributed by atoms with van der Waals surface area (Å²) in [7, 11) is 0. The van der Waals surface area contributed by atoms with Crippen molar-refractivity contribution in [1.82, 2.24) is 9.80 Å². The van der Waals surface area contributed by atoms with Crippen molar-refractivity contribution in [3.05, 3.63) is 70.7 Å². The van der Waals surface area contributed by atoms with Crippen molar-refractivity contribution < 1.29 is 4.79 Å². The number of rotatable bonds is 5. The normalized spacial score (nSPS) is 15.7. The van der Waals surface area contributed by atoms with E-state index >= 15 is 0 Å². The number of carbonyl (C=O) groups is 1. The summed E-state index contributed by atoms with van der Waals surface area (Å²) >= 11 is 5.86. The summed E-state index contributed by atoms with van der Waals surface area (Å²) in [4.78, 5) is 17.0. The molecule has 2 aromatic carbocycles. The number of benzene rings is 2. The number of piperazine rings is 1. The minimum Gasteiger partial charge on any atom is -0.297 e. The van der Waals surface area contributed by atoms with E-state index in [1.165, 1.54) is 5.56 Å². The Labute approximate surface area is 154 Å². The van der Waals surface area contributed by atoms with E-state index in [2.05, 4.69) is 34.1 Å². The number of carbonyl (C=O) groups excluding carboxylic acids is 1. The van der Waals surface area contributed by atoms with Crippen LogP contribution in [-0.2, 0) is 6.54 Å². The van der Waals surface area contributed by atoms with Crippen molar-refractivity contribution >= 4 is 29.8 Å². The first kappa shape index (κ1) is 18.9. The number of hydrogen-bond donors (Lipinski definition) is 0. The van der Waals surface area contributed by atoms with Crippen molar-refractivity contribution in [3.63, 3.8) is 0 Å². The maximum Gasteiger partial charge on any atom is 0.176 e. The van der Waals surface area contributed by atoms with Crippen LogP contribution in [0.25, 0.3) is 0 Å². The van der Waals surface area contributed by atoms with Crippen LogP contribution in [0.5, 0.6) is 0 Å². The van der Waals surface area contributed by atoms with Crippen LogP contribution in [0.4, 0.5) is 0 Å². The van der Waals surface area contributed by atoms with E-state index < -0.39 is 0 Å². The summed E-state index contributed by atoms with van der Waals surface area (Å²) in [5.41, 5.74) is 2.08. The molecule has 3 nitrogen and oxygen atoms in total. The van der Waals surface area contributed by atoms with Crippen molar-refractivity contribution in [1.29, 1.82) is 0 Å². The van der Waals surface area contributed by atoms with Gasteiger partial charge >= 0.3 is 0 Å². The van der Waals surface area contributed by atoms with Gasteiger partial charge in [-0.25, -0.2) is 0 Å². The van der Waals surface area contributed by atoms with Gasteiger partial charge in [-0.05, 0) is 29.8 Å². The molecule has 1 saturated heterocycles. The van der Waals surface area contributed by atoms with Crippen molar-refractivity contribution in [3.8, 4) is 0 Å². The maximum atomic E-state index is 12.3. The van der Waals surface area contributed by atoms with Gasteiger partial charge in [0.05, 0.1) is 6.54 Å². The predicted octanol–water partition coefficient (Wildman–Crippen LogP) is 3.76. The number of ketones is 1. The first-order valence-corrected chi connectivity index (χ1v) is 8.36. The van der Waals surface area contributed by atoms with Gasteiger partial charge in [-0.15, -0.1) is 12.4 Å². The van der Waals surface area contributed by atoms with Gasteiger partial charge in [0.15, 0.2) is 5.78 Å². The molecule has 0 aromatic heterocycles. The van der Waals surface area contributed by atoms with Crippen molar-refractivity contribution in [2.75, 3.05) is 32.7 Å². The molecule has 0 bridgehead atoms. The average Bonchev–Trinajstić information content (AvgIpc) is 2.58. The van der Waals surface area contributed by atoms with E-state index in [-0.39, 0.29) is 18.2 Å². The lowest BCUT2D eigenvalue weighted by Crippen LogP contribution is -2.47. The molecule has 1 aliphatic rings. The van der Waals surface area contributed by atoms with Crippen LogP contribution in [0.15, 0.2) is 54.6 Å². The zero-order valence-electron chi connectivity index (χ0n) is 13.5. The summed E-state index contributed by atoms with van der Waals surface area (Å²) in [6.07, 6.45) is 0. The molecule has 3 rings (SSSR count). The SMILES string of the molecule is Cl.O=C(CN1CCN(Cc2ccccc2)CC1)c1ccc(Cl)cc1. The molecule has 0 radical (unpaired) electrons. The Morgan fingerprint density at radius 3 is 2.08 bits per heavy atom. The zero-order chi connectivity index (χ0) is 16.1. The predicted molar refractivity (Wildman–Crippen MR) is 101 cm³/mol. The quantitative estimate of drug-likeness (QED) is 0.754. The van der Waals surface area contributed by atoms with E-state index in [1.807, 2.05) is 6.07 Å². The Kier molecular flexibility index (Phi) is 7.25. The van der Waals surface area contributed by atoms with Gasteiger partial charge in [0, 0.05) is 43.3 Å². The number of Topliss-reactive ketones (excluding diaryl/α,β-unsaturated/α-hetero) is 1. The average molecular weight is 365 g/mol. The summed E-state index contributed by atoms with van der Waals surface area (Å²) in [5.74, 6) is 0.165. The van der Waals surface area contributed by atoms with Crippen LogP contribution in [-0.4, -0.2) is 48.3 Å². The number of halogens is 2. The lowest BCUT2D eigenvalue weighted by atomic mass is 10.1. The highest BCUT2D eigenvalue weighted by atomic mass is 35.5. The molecule has 0 N–H and O–H groups in total. The van der Waals surface area contributed by atoms with Crippen LogP contribution >= 0.6 is 24.0 Å². The molecule has 5 heteroatoms. The molecule has 24 heavy (non-hydrogen) atoms. The van der Waals surface area contributed by atoms with Crippen LogP contribution < -0.4 is 0 Å². The van der Waals surface area contributed by atoms with Crippen LogP contribution in [0, 0.1) is 0 Å². The van der Waals surface area contributed by atoms with Crippen LogP contribution in [0.1, 0.15) is 15.9 Å². The van der Waals surface area contributed by atoms with E-state index in [0.29, 0.717) is 11.6 Å². The van der Waals surface area contributed by atoms with E-state index in [4.69, 9.17) is 11.6 Å². The molecule has 0 saturated carbocycles. The van der Waals surface area contributed by atoms with Gasteiger partial charge in [0.1, 0.15) is 0 Å². The molecule has 1 aliphatic heterocycles. The molecule has 1 heterocycles. The lowest BCUT2D eigenvalue weighted by Gasteiger charge is -2.34. The zero-order valence-corrected chi connectivity index (χ0v) is 15.1. The molecule has 128 valence electrons. The molecule has 2 aromatic rings. The van der Waals surface area contributed by atoms with Gasteiger partial charge in [0.2, 0.25) is 0 Å². The van der Waals surface area contributed by atoms with Crippen LogP contribution in [0.3, 0.4) is 0 Å². The first-order chi connectivity index (χ1) is 11.2. The Hall–Kier alpha value is -1.39. The van der Waals surface area contributed by atoms with E-state index in [9.17, 15) is 4.79 Å². The second-order valence-corrected chi connectivity index (χ2v) is 6.40. The highest BCUT2D eigenvalue weighted by Crippen LogP contribution is 2.12. The fraction of sp³-hybridized carbons (Fsp3) is 0.316. The van der Waals surface area contributed by atoms with Crippen LogP contribution in [0.2, 0.25) is 5.02 Å². The number of hydrogen-bond acceptors (Lipinski definition) is 3. The molecule has 0 spiro atoms. The molecular formula is C19H22Cl2N2O. The molecular weight excluding hydrogens is 343 g/mol. The Balaban J connectivity index is 0.00000208. The largest absolute Gasteiger partial charge is 0.297 e. The second-order valence-electron chi connectivity index (χ2n) is 5.97. The highest BCUT2D eigenvalue weighted by molar-refractivity contribution is 6.30. The van der Waals surface area contributed by atoms with Gasteiger partial charge in [-0.3, -0.25) is 14.6 Å². The Morgan fingerprint density at radius 2 is 1.46 bits per heavy atom. The van der Waals surface area contributed by atoms with E-state index in [1.54, 1.807) is 24.3 Å². The molecule has 0 aliphatic carbocycles. The fourth-order valence-corrected chi connectivity index (χ4v) is 3.00.